The van der Waals surface area contributed by atoms with Crippen molar-refractivity contribution in [3.8, 4) is 5.75 Å². The number of aromatic nitrogens is 2. The fourth-order valence-corrected chi connectivity index (χ4v) is 4.58. The topological polar surface area (TPSA) is 58.6 Å². The van der Waals surface area contributed by atoms with Crippen molar-refractivity contribution >= 4 is 11.9 Å². The molecule has 1 aromatic rings. The highest BCUT2D eigenvalue weighted by molar-refractivity contribution is 5.79. The minimum Gasteiger partial charge on any atom is -0.494 e. The summed E-state index contributed by atoms with van der Waals surface area (Å²) in [6.07, 6.45) is 9.20. The minimum atomic E-state index is 0.179. The van der Waals surface area contributed by atoms with Crippen LogP contribution in [0.2, 0.25) is 0 Å². The maximum Gasteiger partial charge on any atom is 0.225 e. The molecule has 1 saturated carbocycles. The Hall–Kier alpha value is -1.85. The Morgan fingerprint density at radius 2 is 1.71 bits per heavy atom. The van der Waals surface area contributed by atoms with E-state index in [4.69, 9.17) is 4.74 Å². The van der Waals surface area contributed by atoms with Crippen LogP contribution in [0.15, 0.2) is 12.4 Å². The maximum absolute atomic E-state index is 12.8. The van der Waals surface area contributed by atoms with Crippen LogP contribution in [0.3, 0.4) is 0 Å². The van der Waals surface area contributed by atoms with Crippen molar-refractivity contribution < 1.29 is 9.53 Å². The van der Waals surface area contributed by atoms with Gasteiger partial charge in [0, 0.05) is 32.1 Å². The third kappa shape index (κ3) is 2.94. The lowest BCUT2D eigenvalue weighted by atomic mass is 9.95. The van der Waals surface area contributed by atoms with Gasteiger partial charge >= 0.3 is 0 Å². The van der Waals surface area contributed by atoms with E-state index in [-0.39, 0.29) is 5.92 Å². The molecule has 0 N–H and O–H groups in total. The first-order valence-corrected chi connectivity index (χ1v) is 9.14. The molecule has 2 atom stereocenters. The first kappa shape index (κ1) is 15.7. The van der Waals surface area contributed by atoms with Crippen molar-refractivity contribution in [1.29, 1.82) is 0 Å². The van der Waals surface area contributed by atoms with Crippen molar-refractivity contribution in [3.05, 3.63) is 12.4 Å². The van der Waals surface area contributed by atoms with Gasteiger partial charge in [0.25, 0.3) is 0 Å². The largest absolute Gasteiger partial charge is 0.494 e. The number of amides is 1. The normalized spacial score (nSPS) is 27.4. The highest BCUT2D eigenvalue weighted by atomic mass is 16.5. The molecule has 0 bridgehead atoms. The van der Waals surface area contributed by atoms with Crippen LogP contribution in [0.4, 0.5) is 5.95 Å². The van der Waals surface area contributed by atoms with Gasteiger partial charge in [-0.25, -0.2) is 9.97 Å². The number of nitrogens with zero attached hydrogens (tertiary/aromatic N) is 4. The van der Waals surface area contributed by atoms with Gasteiger partial charge in [-0.3, -0.25) is 4.79 Å². The molecule has 1 amide bonds. The zero-order valence-corrected chi connectivity index (χ0v) is 14.4. The van der Waals surface area contributed by atoms with Gasteiger partial charge in [0.1, 0.15) is 0 Å². The van der Waals surface area contributed by atoms with E-state index >= 15 is 0 Å². The fourth-order valence-electron chi connectivity index (χ4n) is 4.58. The van der Waals surface area contributed by atoms with E-state index in [1.54, 1.807) is 19.5 Å². The zero-order chi connectivity index (χ0) is 16.5. The van der Waals surface area contributed by atoms with Gasteiger partial charge in [-0.15, -0.1) is 0 Å². The lowest BCUT2D eigenvalue weighted by Crippen LogP contribution is -2.42. The van der Waals surface area contributed by atoms with Gasteiger partial charge in [0.2, 0.25) is 11.9 Å². The van der Waals surface area contributed by atoms with E-state index < -0.39 is 0 Å². The highest BCUT2D eigenvalue weighted by Gasteiger charge is 2.40. The molecule has 0 radical (unpaired) electrons. The van der Waals surface area contributed by atoms with Crippen molar-refractivity contribution in [2.24, 2.45) is 17.8 Å². The first-order valence-electron chi connectivity index (χ1n) is 9.14. The molecular weight excluding hydrogens is 304 g/mol. The highest BCUT2D eigenvalue weighted by Crippen LogP contribution is 2.38. The maximum atomic E-state index is 12.8. The van der Waals surface area contributed by atoms with Crippen LogP contribution in [0.25, 0.3) is 0 Å². The van der Waals surface area contributed by atoms with Gasteiger partial charge in [0.15, 0.2) is 5.75 Å². The Morgan fingerprint density at radius 3 is 2.29 bits per heavy atom. The number of fused-ring (bicyclic) bond motifs is 1. The quantitative estimate of drug-likeness (QED) is 0.848. The molecule has 0 spiro atoms. The van der Waals surface area contributed by atoms with Gasteiger partial charge in [-0.05, 0) is 37.5 Å². The van der Waals surface area contributed by atoms with Crippen LogP contribution in [-0.4, -0.2) is 54.1 Å². The number of likely N-dealkylation sites (tertiary alicyclic amines) is 1. The number of piperidine rings is 1. The molecule has 0 aromatic carbocycles. The summed E-state index contributed by atoms with van der Waals surface area (Å²) in [5.41, 5.74) is 0. The molecule has 2 saturated heterocycles. The van der Waals surface area contributed by atoms with Crippen LogP contribution in [0.1, 0.15) is 32.1 Å². The Labute approximate surface area is 143 Å². The second kappa shape index (κ2) is 6.57. The Bertz CT molecular complexity index is 571. The summed E-state index contributed by atoms with van der Waals surface area (Å²) >= 11 is 0. The summed E-state index contributed by atoms with van der Waals surface area (Å²) in [7, 11) is 1.61. The second-order valence-electron chi connectivity index (χ2n) is 7.38. The fraction of sp³-hybridized carbons (Fsp3) is 0.722. The van der Waals surface area contributed by atoms with E-state index in [1.807, 2.05) is 0 Å². The number of hydrogen-bond donors (Lipinski definition) is 0. The van der Waals surface area contributed by atoms with Crippen LogP contribution in [0, 0.1) is 17.8 Å². The predicted octanol–water partition coefficient (Wildman–Crippen LogP) is 1.96. The molecule has 1 aliphatic carbocycles. The Morgan fingerprint density at radius 1 is 1.08 bits per heavy atom. The summed E-state index contributed by atoms with van der Waals surface area (Å²) in [6.45, 7) is 3.71. The molecule has 2 unspecified atom stereocenters. The van der Waals surface area contributed by atoms with Gasteiger partial charge in [-0.1, -0.05) is 6.42 Å². The number of ether oxygens (including phenoxy) is 1. The Kier molecular flexibility index (Phi) is 4.29. The van der Waals surface area contributed by atoms with Gasteiger partial charge in [0.05, 0.1) is 19.5 Å². The summed E-state index contributed by atoms with van der Waals surface area (Å²) < 4.78 is 5.10. The molecule has 1 aromatic heterocycles. The van der Waals surface area contributed by atoms with Crippen LogP contribution < -0.4 is 9.64 Å². The number of anilines is 1. The molecule has 24 heavy (non-hydrogen) atoms. The van der Waals surface area contributed by atoms with E-state index in [0.29, 0.717) is 11.7 Å². The second-order valence-corrected chi connectivity index (χ2v) is 7.38. The SMILES string of the molecule is COc1cnc(N2CCC(C(=O)N3CC4CCCC4C3)CC2)nc1. The molecule has 3 fully saturated rings. The van der Waals surface area contributed by atoms with Crippen molar-refractivity contribution in [3.63, 3.8) is 0 Å². The molecular formula is C18H26N4O2. The molecule has 4 rings (SSSR count). The number of carbonyl (C=O) groups excluding carboxylic acids is 1. The van der Waals surface area contributed by atoms with Crippen molar-refractivity contribution in [1.82, 2.24) is 14.9 Å². The smallest absolute Gasteiger partial charge is 0.225 e. The lowest BCUT2D eigenvalue weighted by Gasteiger charge is -2.33. The average Bonchev–Trinajstić information content (AvgIpc) is 3.23. The van der Waals surface area contributed by atoms with Crippen molar-refractivity contribution in [2.75, 3.05) is 38.2 Å². The number of methoxy groups -OCH3 is 1. The lowest BCUT2D eigenvalue weighted by molar-refractivity contribution is -0.135. The third-order valence-electron chi connectivity index (χ3n) is 6.02. The molecule has 6 heteroatoms. The molecule has 2 aliphatic heterocycles. The number of carbonyl (C=O) groups is 1. The van der Waals surface area contributed by atoms with Crippen LogP contribution in [0.5, 0.6) is 5.75 Å². The van der Waals surface area contributed by atoms with Gasteiger partial charge in [-0.2, -0.15) is 0 Å². The first-order chi connectivity index (χ1) is 11.7. The molecule has 3 aliphatic rings. The summed E-state index contributed by atoms with van der Waals surface area (Å²) in [5.74, 6) is 3.53. The van der Waals surface area contributed by atoms with E-state index in [1.165, 1.54) is 19.3 Å². The predicted molar refractivity (Wildman–Crippen MR) is 90.9 cm³/mol. The van der Waals surface area contributed by atoms with E-state index in [2.05, 4.69) is 19.8 Å². The minimum absolute atomic E-state index is 0.179. The average molecular weight is 330 g/mol. The standard InChI is InChI=1S/C18H26N4O2/c1-24-16-9-19-18(20-10-16)21-7-5-13(6-8-21)17(23)22-11-14-3-2-4-15(14)12-22/h9-10,13-15H,2-8,11-12H2,1H3. The number of rotatable bonds is 3. The van der Waals surface area contributed by atoms with Crippen LogP contribution in [-0.2, 0) is 4.79 Å². The molecule has 3 heterocycles. The van der Waals surface area contributed by atoms with Crippen LogP contribution >= 0.6 is 0 Å². The van der Waals surface area contributed by atoms with Gasteiger partial charge < -0.3 is 14.5 Å². The summed E-state index contributed by atoms with van der Waals surface area (Å²) in [5, 5.41) is 0. The monoisotopic (exact) mass is 330 g/mol. The summed E-state index contributed by atoms with van der Waals surface area (Å²) in [6, 6.07) is 0. The zero-order valence-electron chi connectivity index (χ0n) is 14.4. The number of hydrogen-bond acceptors (Lipinski definition) is 5. The van der Waals surface area contributed by atoms with E-state index in [9.17, 15) is 4.79 Å². The van der Waals surface area contributed by atoms with E-state index in [0.717, 1.165) is 56.8 Å². The Balaban J connectivity index is 1.31. The third-order valence-corrected chi connectivity index (χ3v) is 6.02. The summed E-state index contributed by atoms with van der Waals surface area (Å²) in [4.78, 5) is 25.8. The van der Waals surface area contributed by atoms with Crippen molar-refractivity contribution in [2.45, 2.75) is 32.1 Å². The molecule has 130 valence electrons. The molecule has 6 nitrogen and oxygen atoms in total.